The fraction of sp³-hybridized carbons (Fsp3) is 0.444. The van der Waals surface area contributed by atoms with Crippen LogP contribution in [0.5, 0.6) is 0 Å². The molecule has 2 aromatic rings. The van der Waals surface area contributed by atoms with Crippen LogP contribution in [-0.4, -0.2) is 34.8 Å². The molecule has 0 radical (unpaired) electrons. The van der Waals surface area contributed by atoms with Crippen molar-refractivity contribution in [2.24, 2.45) is 5.92 Å². The highest BCUT2D eigenvalue weighted by Gasteiger charge is 2.26. The number of hydrogen-bond donors (Lipinski definition) is 2. The third kappa shape index (κ3) is 3.15. The van der Waals surface area contributed by atoms with E-state index >= 15 is 0 Å². The molecule has 0 bridgehead atoms. The maximum atomic E-state index is 12.8. The summed E-state index contributed by atoms with van der Waals surface area (Å²) in [4.78, 5) is 12.8. The van der Waals surface area contributed by atoms with Crippen LogP contribution in [0.25, 0.3) is 5.69 Å². The fourth-order valence-electron chi connectivity index (χ4n) is 3.22. The molecule has 5 heteroatoms. The van der Waals surface area contributed by atoms with Gasteiger partial charge in [-0.25, -0.2) is 4.68 Å². The van der Waals surface area contributed by atoms with Crippen molar-refractivity contribution in [1.82, 2.24) is 20.4 Å². The van der Waals surface area contributed by atoms with Gasteiger partial charge in [0.05, 0.1) is 22.6 Å². The SMILES string of the molecule is Cc1nn(-c2ccccc2)c(C)c1C(=O)NC1CNCCC1C. The van der Waals surface area contributed by atoms with Crippen LogP contribution in [0.1, 0.15) is 35.1 Å². The molecule has 0 aliphatic carbocycles. The third-order valence-electron chi connectivity index (χ3n) is 4.66. The monoisotopic (exact) mass is 312 g/mol. The second-order valence-electron chi connectivity index (χ2n) is 6.34. The minimum Gasteiger partial charge on any atom is -0.348 e. The van der Waals surface area contributed by atoms with Crippen LogP contribution in [0.2, 0.25) is 0 Å². The maximum absolute atomic E-state index is 12.8. The van der Waals surface area contributed by atoms with Gasteiger partial charge in [0.25, 0.3) is 5.91 Å². The Morgan fingerprint density at radius 3 is 2.74 bits per heavy atom. The number of nitrogens with zero attached hydrogens (tertiary/aromatic N) is 2. The topological polar surface area (TPSA) is 59.0 Å². The average molecular weight is 312 g/mol. The lowest BCUT2D eigenvalue weighted by molar-refractivity contribution is 0.0914. The predicted molar refractivity (Wildman–Crippen MR) is 90.9 cm³/mol. The van der Waals surface area contributed by atoms with Crippen LogP contribution in [0, 0.1) is 19.8 Å². The van der Waals surface area contributed by atoms with Crippen LogP contribution in [0.3, 0.4) is 0 Å². The molecule has 2 heterocycles. The van der Waals surface area contributed by atoms with Gasteiger partial charge in [0, 0.05) is 12.6 Å². The van der Waals surface area contributed by atoms with Crippen molar-refractivity contribution in [3.8, 4) is 5.69 Å². The van der Waals surface area contributed by atoms with Crippen LogP contribution < -0.4 is 10.6 Å². The molecule has 0 saturated carbocycles. The van der Waals surface area contributed by atoms with Gasteiger partial charge in [-0.1, -0.05) is 25.1 Å². The summed E-state index contributed by atoms with van der Waals surface area (Å²) in [7, 11) is 0. The third-order valence-corrected chi connectivity index (χ3v) is 4.66. The Morgan fingerprint density at radius 2 is 2.04 bits per heavy atom. The van der Waals surface area contributed by atoms with Crippen molar-refractivity contribution in [1.29, 1.82) is 0 Å². The summed E-state index contributed by atoms with van der Waals surface area (Å²) in [5.41, 5.74) is 3.30. The van der Waals surface area contributed by atoms with Gasteiger partial charge in [-0.2, -0.15) is 5.10 Å². The first-order valence-electron chi connectivity index (χ1n) is 8.21. The van der Waals surface area contributed by atoms with Crippen molar-refractivity contribution in [3.63, 3.8) is 0 Å². The first-order chi connectivity index (χ1) is 11.1. The molecule has 1 aliphatic heterocycles. The Labute approximate surface area is 137 Å². The molecule has 1 aromatic heterocycles. The quantitative estimate of drug-likeness (QED) is 0.913. The number of amides is 1. The fourth-order valence-corrected chi connectivity index (χ4v) is 3.22. The highest BCUT2D eigenvalue weighted by molar-refractivity contribution is 5.96. The van der Waals surface area contributed by atoms with Crippen LogP contribution in [-0.2, 0) is 0 Å². The van der Waals surface area contributed by atoms with E-state index in [0.29, 0.717) is 11.5 Å². The van der Waals surface area contributed by atoms with Crippen LogP contribution >= 0.6 is 0 Å². The molecule has 1 saturated heterocycles. The number of carbonyl (C=O) groups is 1. The van der Waals surface area contributed by atoms with E-state index in [1.165, 1.54) is 0 Å². The van der Waals surface area contributed by atoms with E-state index in [-0.39, 0.29) is 11.9 Å². The van der Waals surface area contributed by atoms with Crippen LogP contribution in [0.15, 0.2) is 30.3 Å². The number of hydrogen-bond acceptors (Lipinski definition) is 3. The number of para-hydroxylation sites is 1. The van der Waals surface area contributed by atoms with Crippen molar-refractivity contribution < 1.29 is 4.79 Å². The van der Waals surface area contributed by atoms with Crippen molar-refractivity contribution in [3.05, 3.63) is 47.3 Å². The van der Waals surface area contributed by atoms with Gasteiger partial charge in [0.15, 0.2) is 0 Å². The number of nitrogens with one attached hydrogen (secondary N) is 2. The normalized spacial score (nSPS) is 21.2. The molecule has 2 unspecified atom stereocenters. The lowest BCUT2D eigenvalue weighted by atomic mass is 9.94. The van der Waals surface area contributed by atoms with E-state index in [1.54, 1.807) is 0 Å². The number of rotatable bonds is 3. The number of carbonyl (C=O) groups excluding carboxylic acids is 1. The summed E-state index contributed by atoms with van der Waals surface area (Å²) in [5, 5.41) is 11.1. The van der Waals surface area contributed by atoms with Gasteiger partial charge in [0.2, 0.25) is 0 Å². The minimum absolute atomic E-state index is 0.0252. The summed E-state index contributed by atoms with van der Waals surface area (Å²) in [6.45, 7) is 7.89. The van der Waals surface area contributed by atoms with Crippen LogP contribution in [0.4, 0.5) is 0 Å². The van der Waals surface area contributed by atoms with Crippen molar-refractivity contribution >= 4 is 5.91 Å². The number of aromatic nitrogens is 2. The number of piperidine rings is 1. The second kappa shape index (κ2) is 6.54. The summed E-state index contributed by atoms with van der Waals surface area (Å²) >= 11 is 0. The van der Waals surface area contributed by atoms with Crippen molar-refractivity contribution in [2.75, 3.05) is 13.1 Å². The minimum atomic E-state index is -0.0252. The molecule has 1 fully saturated rings. The van der Waals surface area contributed by atoms with E-state index in [2.05, 4.69) is 22.7 Å². The lowest BCUT2D eigenvalue weighted by Gasteiger charge is -2.30. The van der Waals surface area contributed by atoms with Gasteiger partial charge < -0.3 is 10.6 Å². The molecular formula is C18H24N4O. The molecule has 122 valence electrons. The molecule has 1 aromatic carbocycles. The van der Waals surface area contributed by atoms with Gasteiger partial charge in [-0.15, -0.1) is 0 Å². The first-order valence-corrected chi connectivity index (χ1v) is 8.21. The molecule has 23 heavy (non-hydrogen) atoms. The summed E-state index contributed by atoms with van der Waals surface area (Å²) in [5.74, 6) is 0.465. The van der Waals surface area contributed by atoms with E-state index in [1.807, 2.05) is 48.9 Å². The molecule has 0 spiro atoms. The highest BCUT2D eigenvalue weighted by atomic mass is 16.1. The standard InChI is InChI=1S/C18H24N4O/c1-12-9-10-19-11-16(12)20-18(23)17-13(2)21-22(14(17)3)15-7-5-4-6-8-15/h4-8,12,16,19H,9-11H2,1-3H3,(H,20,23). The Hall–Kier alpha value is -2.14. The summed E-state index contributed by atoms with van der Waals surface area (Å²) < 4.78 is 1.84. The maximum Gasteiger partial charge on any atom is 0.255 e. The van der Waals surface area contributed by atoms with E-state index in [4.69, 9.17) is 0 Å². The molecule has 2 atom stereocenters. The zero-order valence-corrected chi connectivity index (χ0v) is 14.0. The molecule has 2 N–H and O–H groups in total. The Kier molecular flexibility index (Phi) is 4.48. The van der Waals surface area contributed by atoms with Crippen molar-refractivity contribution in [2.45, 2.75) is 33.2 Å². The zero-order chi connectivity index (χ0) is 16.4. The van der Waals surface area contributed by atoms with E-state index in [9.17, 15) is 4.79 Å². The second-order valence-corrected chi connectivity index (χ2v) is 6.34. The summed E-state index contributed by atoms with van der Waals surface area (Å²) in [6.07, 6.45) is 1.09. The summed E-state index contributed by atoms with van der Waals surface area (Å²) in [6, 6.07) is 10.1. The predicted octanol–water partition coefficient (Wildman–Crippen LogP) is 2.22. The van der Waals surface area contributed by atoms with E-state index in [0.717, 1.165) is 36.6 Å². The van der Waals surface area contributed by atoms with Gasteiger partial charge in [-0.3, -0.25) is 4.79 Å². The average Bonchev–Trinajstić information content (AvgIpc) is 2.85. The molecule has 1 amide bonds. The zero-order valence-electron chi connectivity index (χ0n) is 14.0. The molecule has 1 aliphatic rings. The number of aryl methyl sites for hydroxylation is 1. The molecular weight excluding hydrogens is 288 g/mol. The lowest BCUT2D eigenvalue weighted by Crippen LogP contribution is -2.50. The molecule has 3 rings (SSSR count). The largest absolute Gasteiger partial charge is 0.348 e. The Morgan fingerprint density at radius 1 is 1.30 bits per heavy atom. The van der Waals surface area contributed by atoms with Gasteiger partial charge >= 0.3 is 0 Å². The van der Waals surface area contributed by atoms with Gasteiger partial charge in [0.1, 0.15) is 0 Å². The highest BCUT2D eigenvalue weighted by Crippen LogP contribution is 2.19. The van der Waals surface area contributed by atoms with E-state index < -0.39 is 0 Å². The first kappa shape index (κ1) is 15.7. The Bertz CT molecular complexity index is 693. The number of benzene rings is 1. The smallest absolute Gasteiger partial charge is 0.255 e. The molecule has 5 nitrogen and oxygen atoms in total. The van der Waals surface area contributed by atoms with Gasteiger partial charge in [-0.05, 0) is 44.9 Å². The Balaban J connectivity index is 1.85.